The van der Waals surface area contributed by atoms with E-state index in [1.165, 1.54) is 6.42 Å². The molecule has 22 heavy (non-hydrogen) atoms. The summed E-state index contributed by atoms with van der Waals surface area (Å²) in [5, 5.41) is -0.768. The lowest BCUT2D eigenvalue weighted by molar-refractivity contribution is -0.155. The van der Waals surface area contributed by atoms with Crippen LogP contribution in [-0.4, -0.2) is 35.7 Å². The molecule has 1 rings (SSSR count). The van der Waals surface area contributed by atoms with Gasteiger partial charge in [0.15, 0.2) is 0 Å². The lowest BCUT2D eigenvalue weighted by atomic mass is 9.75. The van der Waals surface area contributed by atoms with Crippen LogP contribution in [0.25, 0.3) is 0 Å². The Balaban J connectivity index is 2.58. The zero-order valence-electron chi connectivity index (χ0n) is 13.5. The highest BCUT2D eigenvalue weighted by Crippen LogP contribution is 2.37. The molecule has 1 aliphatic carbocycles. The van der Waals surface area contributed by atoms with Crippen molar-refractivity contribution in [3.8, 4) is 0 Å². The molecule has 0 aromatic carbocycles. The number of carbonyl (C=O) groups excluding carboxylic acids is 2. The van der Waals surface area contributed by atoms with E-state index in [1.54, 1.807) is 0 Å². The summed E-state index contributed by atoms with van der Waals surface area (Å²) in [5.41, 5.74) is -0.244. The molecule has 0 bridgehead atoms. The summed E-state index contributed by atoms with van der Waals surface area (Å²) in [6, 6.07) is 0. The third-order valence-corrected chi connectivity index (χ3v) is 5.42. The van der Waals surface area contributed by atoms with Crippen LogP contribution in [0.3, 0.4) is 0 Å². The van der Waals surface area contributed by atoms with Crippen molar-refractivity contribution in [2.24, 2.45) is 5.41 Å². The quantitative estimate of drug-likeness (QED) is 0.521. The Labute approximate surface area is 144 Å². The minimum Gasteiger partial charge on any atom is -0.464 e. The molecule has 128 valence electrons. The molecule has 2 atom stereocenters. The van der Waals surface area contributed by atoms with Gasteiger partial charge in [-0.15, -0.1) is 0 Å². The van der Waals surface area contributed by atoms with Crippen LogP contribution in [0.15, 0.2) is 0 Å². The average molecular weight is 349 g/mol. The van der Waals surface area contributed by atoms with Crippen molar-refractivity contribution in [2.45, 2.75) is 69.3 Å². The third kappa shape index (κ3) is 6.03. The highest BCUT2D eigenvalue weighted by Gasteiger charge is 2.36. The van der Waals surface area contributed by atoms with E-state index in [-0.39, 0.29) is 27.9 Å². The van der Waals surface area contributed by atoms with Crippen molar-refractivity contribution in [2.75, 3.05) is 13.2 Å². The maximum absolute atomic E-state index is 11.8. The summed E-state index contributed by atoms with van der Waals surface area (Å²) in [6.07, 6.45) is 6.44. The van der Waals surface area contributed by atoms with E-state index in [4.69, 9.17) is 9.47 Å². The topological polar surface area (TPSA) is 52.6 Å². The van der Waals surface area contributed by atoms with E-state index in [2.05, 4.69) is 25.3 Å². The van der Waals surface area contributed by atoms with Crippen LogP contribution in [0, 0.1) is 5.41 Å². The molecule has 4 nitrogen and oxygen atoms in total. The molecular formula is C16H28O4S2. The van der Waals surface area contributed by atoms with E-state index in [1.807, 2.05) is 13.8 Å². The van der Waals surface area contributed by atoms with Gasteiger partial charge in [-0.3, -0.25) is 9.59 Å². The van der Waals surface area contributed by atoms with Crippen molar-refractivity contribution < 1.29 is 19.1 Å². The molecule has 6 heteroatoms. The molecule has 0 heterocycles. The van der Waals surface area contributed by atoms with Gasteiger partial charge >= 0.3 is 11.9 Å². The smallest absolute Gasteiger partial charge is 0.318 e. The Kier molecular flexibility index (Phi) is 8.69. The maximum atomic E-state index is 11.8. The molecule has 0 spiro atoms. The summed E-state index contributed by atoms with van der Waals surface area (Å²) >= 11 is 8.41. The fraction of sp³-hybridized carbons (Fsp3) is 0.875. The Morgan fingerprint density at radius 1 is 0.909 bits per heavy atom. The fourth-order valence-electron chi connectivity index (χ4n) is 2.61. The van der Waals surface area contributed by atoms with E-state index < -0.39 is 0 Å². The SMILES string of the molecule is CCC(S)C(=O)OCC1(COC(=O)C(S)CC)CCCCC1. The monoisotopic (exact) mass is 348 g/mol. The number of rotatable bonds is 8. The molecule has 0 N–H and O–H groups in total. The zero-order valence-corrected chi connectivity index (χ0v) is 15.3. The number of hydrogen-bond acceptors (Lipinski definition) is 6. The van der Waals surface area contributed by atoms with Gasteiger partial charge in [0, 0.05) is 5.41 Å². The van der Waals surface area contributed by atoms with Gasteiger partial charge in [-0.25, -0.2) is 0 Å². The van der Waals surface area contributed by atoms with Gasteiger partial charge in [-0.05, 0) is 25.7 Å². The van der Waals surface area contributed by atoms with Gasteiger partial charge in [0.05, 0.1) is 10.5 Å². The maximum Gasteiger partial charge on any atom is 0.318 e. The second kappa shape index (κ2) is 9.71. The van der Waals surface area contributed by atoms with Gasteiger partial charge in [0.2, 0.25) is 0 Å². The number of thiol groups is 2. The van der Waals surface area contributed by atoms with Crippen LogP contribution in [0.1, 0.15) is 58.8 Å². The van der Waals surface area contributed by atoms with Crippen molar-refractivity contribution in [1.82, 2.24) is 0 Å². The highest BCUT2D eigenvalue weighted by atomic mass is 32.1. The number of hydrogen-bond donors (Lipinski definition) is 2. The molecule has 0 aliphatic heterocycles. The van der Waals surface area contributed by atoms with Gasteiger partial charge < -0.3 is 9.47 Å². The second-order valence-electron chi connectivity index (χ2n) is 6.12. The van der Waals surface area contributed by atoms with Crippen molar-refractivity contribution in [3.63, 3.8) is 0 Å². The summed E-state index contributed by atoms with van der Waals surface area (Å²) in [6.45, 7) is 4.41. The first-order chi connectivity index (χ1) is 10.4. The molecule has 0 aromatic heterocycles. The minimum atomic E-state index is -0.384. The third-order valence-electron chi connectivity index (χ3n) is 4.27. The molecule has 1 saturated carbocycles. The fourth-order valence-corrected chi connectivity index (χ4v) is 2.76. The van der Waals surface area contributed by atoms with E-state index in [0.717, 1.165) is 25.7 Å². The normalized spacial score (nSPS) is 20.0. The number of ether oxygens (including phenoxy) is 2. The van der Waals surface area contributed by atoms with Crippen LogP contribution in [-0.2, 0) is 19.1 Å². The standard InChI is InChI=1S/C16H28O4S2/c1-3-12(21)14(17)19-10-16(8-6-5-7-9-16)11-20-15(18)13(22)4-2/h12-13,21-22H,3-11H2,1-2H3. The lowest BCUT2D eigenvalue weighted by Crippen LogP contribution is -2.38. The highest BCUT2D eigenvalue weighted by molar-refractivity contribution is 7.82. The van der Waals surface area contributed by atoms with E-state index in [0.29, 0.717) is 26.1 Å². The zero-order chi connectivity index (χ0) is 16.6. The molecule has 0 saturated heterocycles. The molecule has 0 radical (unpaired) electrons. The average Bonchev–Trinajstić information content (AvgIpc) is 2.56. The van der Waals surface area contributed by atoms with Crippen molar-refractivity contribution >= 4 is 37.2 Å². The molecular weight excluding hydrogens is 320 g/mol. The minimum absolute atomic E-state index is 0.244. The lowest BCUT2D eigenvalue weighted by Gasteiger charge is -2.36. The van der Waals surface area contributed by atoms with Crippen LogP contribution in [0.2, 0.25) is 0 Å². The van der Waals surface area contributed by atoms with Gasteiger partial charge in [-0.2, -0.15) is 25.3 Å². The van der Waals surface area contributed by atoms with Gasteiger partial charge in [0.25, 0.3) is 0 Å². The largest absolute Gasteiger partial charge is 0.464 e. The Hall–Kier alpha value is -0.360. The first-order valence-electron chi connectivity index (χ1n) is 8.13. The van der Waals surface area contributed by atoms with Crippen LogP contribution >= 0.6 is 25.3 Å². The molecule has 2 unspecified atom stereocenters. The molecule has 0 amide bonds. The Morgan fingerprint density at radius 2 is 1.32 bits per heavy atom. The van der Waals surface area contributed by atoms with Crippen molar-refractivity contribution in [3.05, 3.63) is 0 Å². The Morgan fingerprint density at radius 3 is 1.68 bits per heavy atom. The van der Waals surface area contributed by atoms with E-state index >= 15 is 0 Å². The van der Waals surface area contributed by atoms with Crippen LogP contribution < -0.4 is 0 Å². The first kappa shape index (κ1) is 19.7. The summed E-state index contributed by atoms with van der Waals surface area (Å²) < 4.78 is 10.9. The van der Waals surface area contributed by atoms with Crippen LogP contribution in [0.4, 0.5) is 0 Å². The summed E-state index contributed by atoms with van der Waals surface area (Å²) in [7, 11) is 0. The van der Waals surface area contributed by atoms with Crippen LogP contribution in [0.5, 0.6) is 0 Å². The van der Waals surface area contributed by atoms with Gasteiger partial charge in [-0.1, -0.05) is 33.1 Å². The second-order valence-corrected chi connectivity index (χ2v) is 7.37. The van der Waals surface area contributed by atoms with Gasteiger partial charge in [0.1, 0.15) is 13.2 Å². The first-order valence-corrected chi connectivity index (χ1v) is 9.17. The predicted molar refractivity (Wildman–Crippen MR) is 93.6 cm³/mol. The molecule has 1 aliphatic rings. The number of carbonyl (C=O) groups is 2. The molecule has 0 aromatic rings. The molecule has 1 fully saturated rings. The predicted octanol–water partition coefficient (Wildman–Crippen LogP) is 3.44. The Bertz CT molecular complexity index is 339. The van der Waals surface area contributed by atoms with E-state index in [9.17, 15) is 9.59 Å². The number of esters is 2. The summed E-state index contributed by atoms with van der Waals surface area (Å²) in [4.78, 5) is 23.7. The summed E-state index contributed by atoms with van der Waals surface area (Å²) in [5.74, 6) is -0.578. The van der Waals surface area contributed by atoms with Crippen molar-refractivity contribution in [1.29, 1.82) is 0 Å².